The summed E-state index contributed by atoms with van der Waals surface area (Å²) < 4.78 is 5.42. The van der Waals surface area contributed by atoms with Crippen molar-refractivity contribution in [3.05, 3.63) is 88.9 Å². The van der Waals surface area contributed by atoms with Crippen LogP contribution < -0.4 is 15.4 Å². The first kappa shape index (κ1) is 19.5. The van der Waals surface area contributed by atoms with E-state index in [1.54, 1.807) is 54.6 Å². The molecule has 0 atom stereocenters. The van der Waals surface area contributed by atoms with Crippen LogP contribution in [0.15, 0.2) is 72.8 Å². The standard InChI is InChI=1S/C22H19ClN2O3/c1-15-5-2-3-8-20(15)22(27)25-18-7-4-6-17(13-18)24-21(26)14-28-19-11-9-16(23)10-12-19/h2-13H,14H2,1H3,(H,24,26)(H,25,27). The first-order valence-corrected chi connectivity index (χ1v) is 9.04. The van der Waals surface area contributed by atoms with Crippen molar-refractivity contribution in [3.63, 3.8) is 0 Å². The summed E-state index contributed by atoms with van der Waals surface area (Å²) in [5.41, 5.74) is 2.65. The number of hydrogen-bond acceptors (Lipinski definition) is 3. The monoisotopic (exact) mass is 394 g/mol. The van der Waals surface area contributed by atoms with Crippen molar-refractivity contribution in [2.24, 2.45) is 0 Å². The molecular formula is C22H19ClN2O3. The van der Waals surface area contributed by atoms with Gasteiger partial charge in [0.1, 0.15) is 5.75 Å². The van der Waals surface area contributed by atoms with Crippen LogP contribution in [-0.4, -0.2) is 18.4 Å². The van der Waals surface area contributed by atoms with Crippen molar-refractivity contribution >= 4 is 34.8 Å². The summed E-state index contributed by atoms with van der Waals surface area (Å²) in [5.74, 6) is 0.0452. The van der Waals surface area contributed by atoms with Gasteiger partial charge in [-0.1, -0.05) is 35.9 Å². The number of carbonyl (C=O) groups excluding carboxylic acids is 2. The second-order valence-corrected chi connectivity index (χ2v) is 6.58. The summed E-state index contributed by atoms with van der Waals surface area (Å²) in [5, 5.41) is 6.19. The average molecular weight is 395 g/mol. The quantitative estimate of drug-likeness (QED) is 0.623. The molecule has 2 amide bonds. The first-order chi connectivity index (χ1) is 13.5. The summed E-state index contributed by atoms with van der Waals surface area (Å²) in [7, 11) is 0. The molecule has 0 saturated carbocycles. The lowest BCUT2D eigenvalue weighted by atomic mass is 10.1. The number of benzene rings is 3. The Hall–Kier alpha value is -3.31. The van der Waals surface area contributed by atoms with Gasteiger partial charge in [-0.3, -0.25) is 9.59 Å². The third-order valence-corrected chi connectivity index (χ3v) is 4.23. The third-order valence-electron chi connectivity index (χ3n) is 3.98. The molecule has 3 rings (SSSR count). The molecule has 3 aromatic rings. The lowest BCUT2D eigenvalue weighted by Crippen LogP contribution is -2.20. The van der Waals surface area contributed by atoms with E-state index in [9.17, 15) is 9.59 Å². The maximum absolute atomic E-state index is 12.4. The summed E-state index contributed by atoms with van der Waals surface area (Å²) >= 11 is 5.82. The molecule has 142 valence electrons. The molecule has 0 radical (unpaired) electrons. The summed E-state index contributed by atoms with van der Waals surface area (Å²) in [6.45, 7) is 1.74. The van der Waals surface area contributed by atoms with E-state index in [-0.39, 0.29) is 18.4 Å². The van der Waals surface area contributed by atoms with Crippen molar-refractivity contribution < 1.29 is 14.3 Å². The van der Waals surface area contributed by atoms with Gasteiger partial charge in [0.15, 0.2) is 6.61 Å². The second-order valence-electron chi connectivity index (χ2n) is 6.14. The zero-order valence-electron chi connectivity index (χ0n) is 15.2. The molecule has 0 fully saturated rings. The molecule has 0 aliphatic heterocycles. The number of amides is 2. The fourth-order valence-corrected chi connectivity index (χ4v) is 2.70. The molecule has 0 unspecified atom stereocenters. The number of nitrogens with one attached hydrogen (secondary N) is 2. The van der Waals surface area contributed by atoms with Crippen molar-refractivity contribution in [2.45, 2.75) is 6.92 Å². The molecule has 0 aliphatic carbocycles. The summed E-state index contributed by atoms with van der Waals surface area (Å²) in [4.78, 5) is 24.5. The van der Waals surface area contributed by atoms with Gasteiger partial charge in [-0.15, -0.1) is 0 Å². The van der Waals surface area contributed by atoms with Crippen molar-refractivity contribution in [1.82, 2.24) is 0 Å². The molecule has 3 aromatic carbocycles. The van der Waals surface area contributed by atoms with Crippen LogP contribution in [0.2, 0.25) is 5.02 Å². The lowest BCUT2D eigenvalue weighted by molar-refractivity contribution is -0.118. The Morgan fingerprint density at radius 1 is 0.893 bits per heavy atom. The van der Waals surface area contributed by atoms with E-state index in [2.05, 4.69) is 10.6 Å². The molecule has 6 heteroatoms. The Kier molecular flexibility index (Phi) is 6.29. The predicted octanol–water partition coefficient (Wildman–Crippen LogP) is 4.92. The van der Waals surface area contributed by atoms with Crippen molar-refractivity contribution in [3.8, 4) is 5.75 Å². The Morgan fingerprint density at radius 3 is 2.29 bits per heavy atom. The van der Waals surface area contributed by atoms with E-state index in [4.69, 9.17) is 16.3 Å². The zero-order chi connectivity index (χ0) is 19.9. The Bertz CT molecular complexity index is 987. The van der Waals surface area contributed by atoms with Crippen LogP contribution in [0.5, 0.6) is 5.75 Å². The van der Waals surface area contributed by atoms with E-state index in [1.165, 1.54) is 0 Å². The first-order valence-electron chi connectivity index (χ1n) is 8.66. The smallest absolute Gasteiger partial charge is 0.262 e. The van der Waals surface area contributed by atoms with Crippen LogP contribution in [-0.2, 0) is 4.79 Å². The van der Waals surface area contributed by atoms with Crippen LogP contribution in [0, 0.1) is 6.92 Å². The molecule has 0 bridgehead atoms. The molecule has 5 nitrogen and oxygen atoms in total. The van der Waals surface area contributed by atoms with E-state index in [0.29, 0.717) is 27.7 Å². The van der Waals surface area contributed by atoms with Crippen LogP contribution in [0.3, 0.4) is 0 Å². The van der Waals surface area contributed by atoms with Crippen LogP contribution in [0.25, 0.3) is 0 Å². The highest BCUT2D eigenvalue weighted by Crippen LogP contribution is 2.18. The van der Waals surface area contributed by atoms with Crippen LogP contribution in [0.1, 0.15) is 15.9 Å². The summed E-state index contributed by atoms with van der Waals surface area (Å²) in [6.07, 6.45) is 0. The molecule has 0 aliphatic rings. The molecular weight excluding hydrogens is 376 g/mol. The lowest BCUT2D eigenvalue weighted by Gasteiger charge is -2.10. The minimum absolute atomic E-state index is 0.137. The van der Waals surface area contributed by atoms with Crippen molar-refractivity contribution in [2.75, 3.05) is 17.2 Å². The Labute approximate surface area is 168 Å². The maximum atomic E-state index is 12.4. The van der Waals surface area contributed by atoms with Gasteiger partial charge in [0.2, 0.25) is 0 Å². The average Bonchev–Trinajstić information content (AvgIpc) is 2.68. The fraction of sp³-hybridized carbons (Fsp3) is 0.0909. The van der Waals surface area contributed by atoms with Crippen LogP contribution >= 0.6 is 11.6 Å². The number of ether oxygens (including phenoxy) is 1. The summed E-state index contributed by atoms with van der Waals surface area (Å²) in [6, 6.07) is 21.1. The van der Waals surface area contributed by atoms with E-state index in [1.807, 2.05) is 25.1 Å². The second kappa shape index (κ2) is 9.06. The number of carbonyl (C=O) groups is 2. The highest BCUT2D eigenvalue weighted by atomic mass is 35.5. The normalized spacial score (nSPS) is 10.2. The minimum atomic E-state index is -0.308. The topological polar surface area (TPSA) is 67.4 Å². The van der Waals surface area contributed by atoms with Gasteiger partial charge >= 0.3 is 0 Å². The Morgan fingerprint density at radius 2 is 1.57 bits per heavy atom. The van der Waals surface area contributed by atoms with Gasteiger partial charge in [-0.2, -0.15) is 0 Å². The number of aryl methyl sites for hydroxylation is 1. The van der Waals surface area contributed by atoms with Gasteiger partial charge in [-0.05, 0) is 61.0 Å². The number of rotatable bonds is 6. The van der Waals surface area contributed by atoms with E-state index >= 15 is 0 Å². The minimum Gasteiger partial charge on any atom is -0.484 e. The van der Waals surface area contributed by atoms with Gasteiger partial charge in [-0.25, -0.2) is 0 Å². The largest absolute Gasteiger partial charge is 0.484 e. The molecule has 2 N–H and O–H groups in total. The maximum Gasteiger partial charge on any atom is 0.262 e. The fourth-order valence-electron chi connectivity index (χ4n) is 2.58. The number of anilines is 2. The molecule has 0 saturated heterocycles. The molecule has 28 heavy (non-hydrogen) atoms. The Balaban J connectivity index is 1.58. The number of hydrogen-bond donors (Lipinski definition) is 2. The molecule has 0 spiro atoms. The van der Waals surface area contributed by atoms with E-state index in [0.717, 1.165) is 5.56 Å². The predicted molar refractivity (Wildman–Crippen MR) is 111 cm³/mol. The van der Waals surface area contributed by atoms with Gasteiger partial charge in [0.05, 0.1) is 0 Å². The molecule has 0 heterocycles. The van der Waals surface area contributed by atoms with E-state index < -0.39 is 0 Å². The van der Waals surface area contributed by atoms with Gasteiger partial charge < -0.3 is 15.4 Å². The van der Waals surface area contributed by atoms with Gasteiger partial charge in [0, 0.05) is 22.0 Å². The van der Waals surface area contributed by atoms with Crippen LogP contribution in [0.4, 0.5) is 11.4 Å². The van der Waals surface area contributed by atoms with Gasteiger partial charge in [0.25, 0.3) is 11.8 Å². The number of halogens is 1. The third kappa shape index (κ3) is 5.34. The SMILES string of the molecule is Cc1ccccc1C(=O)Nc1cccc(NC(=O)COc2ccc(Cl)cc2)c1. The highest BCUT2D eigenvalue weighted by Gasteiger charge is 2.09. The molecule has 0 aromatic heterocycles. The van der Waals surface area contributed by atoms with Crippen molar-refractivity contribution in [1.29, 1.82) is 0 Å². The highest BCUT2D eigenvalue weighted by molar-refractivity contribution is 6.30. The zero-order valence-corrected chi connectivity index (χ0v) is 16.0.